The van der Waals surface area contributed by atoms with Crippen molar-refractivity contribution >= 4 is 17.5 Å². The number of nitrogens with one attached hydrogen (secondary N) is 1. The van der Waals surface area contributed by atoms with E-state index in [1.165, 1.54) is 11.1 Å². The van der Waals surface area contributed by atoms with Gasteiger partial charge in [0.25, 0.3) is 5.91 Å². The minimum Gasteiger partial charge on any atom is -0.475 e. The number of pyridine rings is 1. The largest absolute Gasteiger partial charge is 0.475 e. The van der Waals surface area contributed by atoms with Gasteiger partial charge in [0.1, 0.15) is 0 Å². The van der Waals surface area contributed by atoms with Gasteiger partial charge in [-0.25, -0.2) is 4.98 Å². The molecule has 2 rings (SSSR count). The first-order chi connectivity index (χ1) is 12.7. The summed E-state index contributed by atoms with van der Waals surface area (Å²) < 4.78 is 5.47. The standard InChI is InChI=1S/C21H27N3O3/c1-13(2)27-19-8-7-17(11-22-19)21(26)24(6)12-18(25)23-20-15(4)9-14(3)10-16(20)5/h7-11,13H,12H2,1-6H3,(H,23,25). The van der Waals surface area contributed by atoms with E-state index in [-0.39, 0.29) is 24.5 Å². The van der Waals surface area contributed by atoms with E-state index in [0.29, 0.717) is 11.4 Å². The lowest BCUT2D eigenvalue weighted by Gasteiger charge is -2.18. The summed E-state index contributed by atoms with van der Waals surface area (Å²) in [6, 6.07) is 7.34. The molecular weight excluding hydrogens is 342 g/mol. The van der Waals surface area contributed by atoms with Crippen molar-refractivity contribution in [1.29, 1.82) is 0 Å². The fourth-order valence-electron chi connectivity index (χ4n) is 2.88. The number of likely N-dealkylation sites (N-methyl/N-ethyl adjacent to an activating group) is 1. The first-order valence-corrected chi connectivity index (χ1v) is 8.93. The molecule has 0 fully saturated rings. The number of carbonyl (C=O) groups excluding carboxylic acids is 2. The van der Waals surface area contributed by atoms with E-state index in [2.05, 4.69) is 10.3 Å². The van der Waals surface area contributed by atoms with Crippen LogP contribution >= 0.6 is 0 Å². The molecule has 0 unspecified atom stereocenters. The van der Waals surface area contributed by atoms with Crippen LogP contribution in [0.3, 0.4) is 0 Å². The average molecular weight is 369 g/mol. The predicted molar refractivity (Wildman–Crippen MR) is 106 cm³/mol. The number of rotatable bonds is 6. The van der Waals surface area contributed by atoms with Gasteiger partial charge < -0.3 is 15.0 Å². The molecule has 0 saturated carbocycles. The van der Waals surface area contributed by atoms with Gasteiger partial charge in [-0.05, 0) is 51.8 Å². The van der Waals surface area contributed by atoms with Crippen molar-refractivity contribution in [2.24, 2.45) is 0 Å². The Kier molecular flexibility index (Phi) is 6.55. The molecule has 1 aromatic heterocycles. The minimum absolute atomic E-state index is 0.0131. The molecule has 0 aliphatic heterocycles. The number of nitrogens with zero attached hydrogens (tertiary/aromatic N) is 2. The van der Waals surface area contributed by atoms with E-state index in [9.17, 15) is 9.59 Å². The first-order valence-electron chi connectivity index (χ1n) is 8.93. The molecule has 0 radical (unpaired) electrons. The second kappa shape index (κ2) is 8.66. The molecular formula is C21H27N3O3. The summed E-state index contributed by atoms with van der Waals surface area (Å²) in [4.78, 5) is 30.4. The lowest BCUT2D eigenvalue weighted by Crippen LogP contribution is -2.35. The van der Waals surface area contributed by atoms with Crippen LogP contribution in [-0.4, -0.2) is 41.4 Å². The van der Waals surface area contributed by atoms with Crippen molar-refractivity contribution in [3.63, 3.8) is 0 Å². The van der Waals surface area contributed by atoms with Crippen molar-refractivity contribution in [3.05, 3.63) is 52.7 Å². The molecule has 0 aliphatic rings. The van der Waals surface area contributed by atoms with Crippen LogP contribution in [0.25, 0.3) is 0 Å². The minimum atomic E-state index is -0.272. The Bertz CT molecular complexity index is 806. The number of aryl methyl sites for hydroxylation is 3. The van der Waals surface area contributed by atoms with Crippen LogP contribution in [0.1, 0.15) is 40.9 Å². The van der Waals surface area contributed by atoms with E-state index >= 15 is 0 Å². The Morgan fingerprint density at radius 3 is 2.30 bits per heavy atom. The fraction of sp³-hybridized carbons (Fsp3) is 0.381. The van der Waals surface area contributed by atoms with Crippen LogP contribution in [-0.2, 0) is 4.79 Å². The summed E-state index contributed by atoms with van der Waals surface area (Å²) in [5.41, 5.74) is 4.35. The third-order valence-electron chi connectivity index (χ3n) is 4.01. The molecule has 6 nitrogen and oxygen atoms in total. The maximum absolute atomic E-state index is 12.5. The highest BCUT2D eigenvalue weighted by Crippen LogP contribution is 2.21. The summed E-state index contributed by atoms with van der Waals surface area (Å²) in [5, 5.41) is 2.91. The lowest BCUT2D eigenvalue weighted by molar-refractivity contribution is -0.116. The van der Waals surface area contributed by atoms with Gasteiger partial charge in [-0.15, -0.1) is 0 Å². The van der Waals surface area contributed by atoms with Gasteiger partial charge in [-0.2, -0.15) is 0 Å². The van der Waals surface area contributed by atoms with Crippen LogP contribution in [0.5, 0.6) is 5.88 Å². The monoisotopic (exact) mass is 369 g/mol. The van der Waals surface area contributed by atoms with Gasteiger partial charge in [0.15, 0.2) is 0 Å². The van der Waals surface area contributed by atoms with E-state index in [1.54, 1.807) is 19.2 Å². The van der Waals surface area contributed by atoms with Crippen LogP contribution in [0, 0.1) is 20.8 Å². The molecule has 6 heteroatoms. The Morgan fingerprint density at radius 1 is 1.15 bits per heavy atom. The van der Waals surface area contributed by atoms with Crippen LogP contribution in [0.15, 0.2) is 30.5 Å². The molecule has 1 N–H and O–H groups in total. The lowest BCUT2D eigenvalue weighted by atomic mass is 10.1. The summed E-state index contributed by atoms with van der Waals surface area (Å²) in [6.07, 6.45) is 1.47. The molecule has 1 heterocycles. The fourth-order valence-corrected chi connectivity index (χ4v) is 2.88. The predicted octanol–water partition coefficient (Wildman–Crippen LogP) is 3.50. The number of hydrogen-bond donors (Lipinski definition) is 1. The normalized spacial score (nSPS) is 10.6. The average Bonchev–Trinajstić information content (AvgIpc) is 2.57. The van der Waals surface area contributed by atoms with Crippen molar-refractivity contribution in [1.82, 2.24) is 9.88 Å². The van der Waals surface area contributed by atoms with E-state index in [1.807, 2.05) is 46.8 Å². The SMILES string of the molecule is Cc1cc(C)c(NC(=O)CN(C)C(=O)c2ccc(OC(C)C)nc2)c(C)c1. The molecule has 0 saturated heterocycles. The van der Waals surface area contributed by atoms with Crippen molar-refractivity contribution in [2.75, 3.05) is 18.9 Å². The molecule has 1 aromatic carbocycles. The van der Waals surface area contributed by atoms with Crippen LogP contribution < -0.4 is 10.1 Å². The van der Waals surface area contributed by atoms with Gasteiger partial charge in [0.05, 0.1) is 18.2 Å². The zero-order valence-corrected chi connectivity index (χ0v) is 16.8. The first kappa shape index (κ1) is 20.4. The molecule has 0 spiro atoms. The maximum Gasteiger partial charge on any atom is 0.255 e. The van der Waals surface area contributed by atoms with Gasteiger partial charge in [-0.1, -0.05) is 17.7 Å². The maximum atomic E-state index is 12.5. The summed E-state index contributed by atoms with van der Waals surface area (Å²) >= 11 is 0. The summed E-state index contributed by atoms with van der Waals surface area (Å²) in [7, 11) is 1.59. The van der Waals surface area contributed by atoms with Gasteiger partial charge in [0.2, 0.25) is 11.8 Å². The Hall–Kier alpha value is -2.89. The summed E-state index contributed by atoms with van der Waals surface area (Å²) in [6.45, 7) is 9.70. The second-order valence-electron chi connectivity index (χ2n) is 7.03. The number of aromatic nitrogens is 1. The van der Waals surface area contributed by atoms with Crippen LogP contribution in [0.4, 0.5) is 5.69 Å². The van der Waals surface area contributed by atoms with E-state index in [4.69, 9.17) is 4.74 Å². The number of hydrogen-bond acceptors (Lipinski definition) is 4. The van der Waals surface area contributed by atoms with Crippen molar-refractivity contribution in [3.8, 4) is 5.88 Å². The topological polar surface area (TPSA) is 71.5 Å². The number of amides is 2. The molecule has 144 valence electrons. The van der Waals surface area contributed by atoms with Crippen molar-refractivity contribution < 1.29 is 14.3 Å². The third-order valence-corrected chi connectivity index (χ3v) is 4.01. The number of carbonyl (C=O) groups is 2. The molecule has 2 aromatic rings. The third kappa shape index (κ3) is 5.54. The highest BCUT2D eigenvalue weighted by molar-refractivity contribution is 5.99. The number of benzene rings is 1. The second-order valence-corrected chi connectivity index (χ2v) is 7.03. The van der Waals surface area contributed by atoms with Gasteiger partial charge in [0, 0.05) is 25.0 Å². The highest BCUT2D eigenvalue weighted by Gasteiger charge is 2.17. The number of anilines is 1. The van der Waals surface area contributed by atoms with E-state index in [0.717, 1.165) is 22.4 Å². The molecule has 0 aliphatic carbocycles. The molecule has 2 amide bonds. The highest BCUT2D eigenvalue weighted by atomic mass is 16.5. The van der Waals surface area contributed by atoms with Gasteiger partial charge in [-0.3, -0.25) is 9.59 Å². The number of ether oxygens (including phenoxy) is 1. The molecule has 0 bridgehead atoms. The van der Waals surface area contributed by atoms with E-state index < -0.39 is 0 Å². The zero-order chi connectivity index (χ0) is 20.1. The quantitative estimate of drug-likeness (QED) is 0.846. The Morgan fingerprint density at radius 2 is 1.78 bits per heavy atom. The van der Waals surface area contributed by atoms with Crippen molar-refractivity contribution in [2.45, 2.75) is 40.7 Å². The van der Waals surface area contributed by atoms with Gasteiger partial charge >= 0.3 is 0 Å². The molecule has 27 heavy (non-hydrogen) atoms. The summed E-state index contributed by atoms with van der Waals surface area (Å²) in [5.74, 6) is -0.0491. The Balaban J connectivity index is 2.00. The zero-order valence-electron chi connectivity index (χ0n) is 16.8. The molecule has 0 atom stereocenters. The smallest absolute Gasteiger partial charge is 0.255 e. The van der Waals surface area contributed by atoms with Crippen LogP contribution in [0.2, 0.25) is 0 Å². The Labute approximate surface area is 160 Å².